The SMILES string of the molecule is Brc1cc(Br)cc(OCC2CC3CCC2C3)c1. The molecule has 0 amide bonds. The molecule has 0 aromatic heterocycles. The summed E-state index contributed by atoms with van der Waals surface area (Å²) >= 11 is 6.98. The highest BCUT2D eigenvalue weighted by Gasteiger charge is 2.39. The average molecular weight is 360 g/mol. The zero-order valence-electron chi connectivity index (χ0n) is 9.66. The van der Waals surface area contributed by atoms with Crippen LogP contribution >= 0.6 is 31.9 Å². The molecule has 0 spiro atoms. The molecule has 0 N–H and O–H groups in total. The summed E-state index contributed by atoms with van der Waals surface area (Å²) in [5.74, 6) is 3.71. The van der Waals surface area contributed by atoms with Crippen molar-refractivity contribution in [2.75, 3.05) is 6.61 Å². The number of ether oxygens (including phenoxy) is 1. The van der Waals surface area contributed by atoms with Crippen LogP contribution in [-0.4, -0.2) is 6.61 Å². The van der Waals surface area contributed by atoms with Crippen LogP contribution in [0.4, 0.5) is 0 Å². The van der Waals surface area contributed by atoms with Gasteiger partial charge in [-0.1, -0.05) is 38.3 Å². The number of hydrogen-bond donors (Lipinski definition) is 0. The maximum Gasteiger partial charge on any atom is 0.121 e. The Labute approximate surface area is 119 Å². The molecule has 0 radical (unpaired) electrons. The fourth-order valence-electron chi connectivity index (χ4n) is 3.40. The van der Waals surface area contributed by atoms with Crippen molar-refractivity contribution in [2.45, 2.75) is 25.7 Å². The number of rotatable bonds is 3. The summed E-state index contributed by atoms with van der Waals surface area (Å²) in [7, 11) is 0. The Morgan fingerprint density at radius 1 is 1.06 bits per heavy atom. The van der Waals surface area contributed by atoms with Crippen LogP contribution in [0.15, 0.2) is 27.1 Å². The van der Waals surface area contributed by atoms with Crippen LogP contribution in [0.2, 0.25) is 0 Å². The van der Waals surface area contributed by atoms with Crippen molar-refractivity contribution < 1.29 is 4.74 Å². The molecule has 1 aromatic rings. The lowest BCUT2D eigenvalue weighted by Crippen LogP contribution is -2.18. The first kappa shape index (κ1) is 12.0. The van der Waals surface area contributed by atoms with Crippen molar-refractivity contribution in [3.05, 3.63) is 27.1 Å². The van der Waals surface area contributed by atoms with Gasteiger partial charge in [0.25, 0.3) is 0 Å². The standard InChI is InChI=1S/C14H16Br2O/c15-12-5-13(16)7-14(6-12)17-8-11-4-9-1-2-10(11)3-9/h5-7,9-11H,1-4,8H2. The van der Waals surface area contributed by atoms with Gasteiger partial charge in [0, 0.05) is 8.95 Å². The largest absolute Gasteiger partial charge is 0.493 e. The highest BCUT2D eigenvalue weighted by atomic mass is 79.9. The molecule has 3 rings (SSSR count). The maximum absolute atomic E-state index is 5.94. The predicted octanol–water partition coefficient (Wildman–Crippen LogP) is 5.03. The quantitative estimate of drug-likeness (QED) is 0.735. The van der Waals surface area contributed by atoms with E-state index in [0.29, 0.717) is 0 Å². The lowest BCUT2D eigenvalue weighted by molar-refractivity contribution is 0.195. The Morgan fingerprint density at radius 2 is 1.82 bits per heavy atom. The minimum Gasteiger partial charge on any atom is -0.493 e. The fraction of sp³-hybridized carbons (Fsp3) is 0.571. The van der Waals surface area contributed by atoms with Crippen molar-refractivity contribution in [1.82, 2.24) is 0 Å². The molecule has 2 bridgehead atoms. The Kier molecular flexibility index (Phi) is 3.49. The van der Waals surface area contributed by atoms with Crippen molar-refractivity contribution >= 4 is 31.9 Å². The van der Waals surface area contributed by atoms with E-state index in [1.165, 1.54) is 25.7 Å². The van der Waals surface area contributed by atoms with Crippen LogP contribution < -0.4 is 4.74 Å². The molecule has 1 nitrogen and oxygen atoms in total. The molecule has 17 heavy (non-hydrogen) atoms. The van der Waals surface area contributed by atoms with E-state index in [0.717, 1.165) is 39.1 Å². The summed E-state index contributed by atoms with van der Waals surface area (Å²) in [6.07, 6.45) is 5.74. The molecule has 0 aliphatic heterocycles. The van der Waals surface area contributed by atoms with Gasteiger partial charge in [-0.3, -0.25) is 0 Å². The first-order chi connectivity index (χ1) is 8.20. The Hall–Kier alpha value is -0.0200. The van der Waals surface area contributed by atoms with E-state index in [1.807, 2.05) is 18.2 Å². The molecule has 2 aliphatic carbocycles. The summed E-state index contributed by atoms with van der Waals surface area (Å²) in [5, 5.41) is 0. The smallest absolute Gasteiger partial charge is 0.121 e. The summed E-state index contributed by atoms with van der Waals surface area (Å²) in [5.41, 5.74) is 0. The second-order valence-electron chi connectivity index (χ2n) is 5.35. The summed E-state index contributed by atoms with van der Waals surface area (Å²) < 4.78 is 8.07. The first-order valence-corrected chi connectivity index (χ1v) is 7.88. The molecule has 0 heterocycles. The normalized spacial score (nSPS) is 30.8. The summed E-state index contributed by atoms with van der Waals surface area (Å²) in [4.78, 5) is 0. The van der Waals surface area contributed by atoms with Crippen LogP contribution in [0.5, 0.6) is 5.75 Å². The van der Waals surface area contributed by atoms with Gasteiger partial charge < -0.3 is 4.74 Å². The zero-order valence-corrected chi connectivity index (χ0v) is 12.8. The van der Waals surface area contributed by atoms with Gasteiger partial charge >= 0.3 is 0 Å². The molecule has 2 saturated carbocycles. The minimum atomic E-state index is 0.798. The fourth-order valence-corrected chi connectivity index (χ4v) is 4.65. The Balaban J connectivity index is 1.60. The predicted molar refractivity (Wildman–Crippen MR) is 76.3 cm³/mol. The summed E-state index contributed by atoms with van der Waals surface area (Å²) in [6, 6.07) is 6.11. The van der Waals surface area contributed by atoms with Gasteiger partial charge in [-0.05, 0) is 55.2 Å². The van der Waals surface area contributed by atoms with Gasteiger partial charge in [0.2, 0.25) is 0 Å². The van der Waals surface area contributed by atoms with Gasteiger partial charge in [-0.2, -0.15) is 0 Å². The number of halogens is 2. The van der Waals surface area contributed by atoms with E-state index < -0.39 is 0 Å². The van der Waals surface area contributed by atoms with Gasteiger partial charge in [0.05, 0.1) is 6.61 Å². The molecular formula is C14H16Br2O. The number of benzene rings is 1. The van der Waals surface area contributed by atoms with Crippen molar-refractivity contribution in [2.24, 2.45) is 17.8 Å². The lowest BCUT2D eigenvalue weighted by Gasteiger charge is -2.21. The molecule has 2 aliphatic rings. The first-order valence-electron chi connectivity index (χ1n) is 6.29. The van der Waals surface area contributed by atoms with Crippen LogP contribution in [-0.2, 0) is 0 Å². The number of hydrogen-bond acceptors (Lipinski definition) is 1. The molecule has 92 valence electrons. The van der Waals surface area contributed by atoms with Gasteiger partial charge in [-0.25, -0.2) is 0 Å². The summed E-state index contributed by atoms with van der Waals surface area (Å²) in [6.45, 7) is 0.893. The van der Waals surface area contributed by atoms with Gasteiger partial charge in [0.1, 0.15) is 5.75 Å². The van der Waals surface area contributed by atoms with Crippen molar-refractivity contribution in [3.8, 4) is 5.75 Å². The van der Waals surface area contributed by atoms with E-state index >= 15 is 0 Å². The number of fused-ring (bicyclic) bond motifs is 2. The molecule has 0 saturated heterocycles. The third-order valence-corrected chi connectivity index (χ3v) is 5.10. The van der Waals surface area contributed by atoms with Crippen LogP contribution in [0.1, 0.15) is 25.7 Å². The molecular weight excluding hydrogens is 344 g/mol. The zero-order chi connectivity index (χ0) is 11.8. The van der Waals surface area contributed by atoms with E-state index in [1.54, 1.807) is 0 Å². The molecule has 3 unspecified atom stereocenters. The molecule has 2 fully saturated rings. The average Bonchev–Trinajstić information content (AvgIpc) is 2.86. The van der Waals surface area contributed by atoms with Crippen molar-refractivity contribution in [1.29, 1.82) is 0 Å². The molecule has 3 atom stereocenters. The maximum atomic E-state index is 5.94. The topological polar surface area (TPSA) is 9.23 Å². The minimum absolute atomic E-state index is 0.798. The molecule has 3 heteroatoms. The highest BCUT2D eigenvalue weighted by molar-refractivity contribution is 9.11. The third-order valence-electron chi connectivity index (χ3n) is 4.18. The monoisotopic (exact) mass is 358 g/mol. The Bertz CT molecular complexity index is 398. The Morgan fingerprint density at radius 3 is 2.41 bits per heavy atom. The van der Waals surface area contributed by atoms with E-state index in [9.17, 15) is 0 Å². The third kappa shape index (κ3) is 2.70. The van der Waals surface area contributed by atoms with Gasteiger partial charge in [0.15, 0.2) is 0 Å². The second kappa shape index (κ2) is 4.93. The molecule has 1 aromatic carbocycles. The van der Waals surface area contributed by atoms with Crippen LogP contribution in [0, 0.1) is 17.8 Å². The van der Waals surface area contributed by atoms with E-state index in [-0.39, 0.29) is 0 Å². The highest BCUT2D eigenvalue weighted by Crippen LogP contribution is 2.48. The van der Waals surface area contributed by atoms with Crippen molar-refractivity contribution in [3.63, 3.8) is 0 Å². The van der Waals surface area contributed by atoms with Gasteiger partial charge in [-0.15, -0.1) is 0 Å². The van der Waals surface area contributed by atoms with Crippen LogP contribution in [0.25, 0.3) is 0 Å². The van der Waals surface area contributed by atoms with E-state index in [4.69, 9.17) is 4.74 Å². The van der Waals surface area contributed by atoms with Crippen LogP contribution in [0.3, 0.4) is 0 Å². The van der Waals surface area contributed by atoms with E-state index in [2.05, 4.69) is 31.9 Å². The lowest BCUT2D eigenvalue weighted by atomic mass is 9.89. The second-order valence-corrected chi connectivity index (χ2v) is 7.18.